The highest BCUT2D eigenvalue weighted by atomic mass is 16.5. The van der Waals surface area contributed by atoms with Crippen LogP contribution in [-0.2, 0) is 9.47 Å². The molecule has 0 aliphatic carbocycles. The van der Waals surface area contributed by atoms with E-state index in [9.17, 15) is 0 Å². The van der Waals surface area contributed by atoms with Crippen LogP contribution in [0.25, 0.3) is 0 Å². The molecule has 2 aliphatic heterocycles. The van der Waals surface area contributed by atoms with Gasteiger partial charge >= 0.3 is 0 Å². The summed E-state index contributed by atoms with van der Waals surface area (Å²) >= 11 is 0. The molecule has 2 saturated heterocycles. The van der Waals surface area contributed by atoms with E-state index in [1.165, 1.54) is 6.42 Å². The number of hydrogen-bond donors (Lipinski definition) is 1. The molecule has 3 nitrogen and oxygen atoms in total. The van der Waals surface area contributed by atoms with Gasteiger partial charge in [-0.1, -0.05) is 0 Å². The van der Waals surface area contributed by atoms with E-state index < -0.39 is 0 Å². The van der Waals surface area contributed by atoms with Crippen molar-refractivity contribution >= 4 is 0 Å². The molecule has 2 atom stereocenters. The van der Waals surface area contributed by atoms with Crippen molar-refractivity contribution < 1.29 is 9.47 Å². The van der Waals surface area contributed by atoms with Crippen LogP contribution >= 0.6 is 0 Å². The van der Waals surface area contributed by atoms with Crippen LogP contribution in [0.3, 0.4) is 0 Å². The Morgan fingerprint density at radius 2 is 2.31 bits per heavy atom. The Kier molecular flexibility index (Phi) is 2.58. The van der Waals surface area contributed by atoms with Gasteiger partial charge < -0.3 is 9.47 Å². The maximum Gasteiger partial charge on any atom is 0.109 e. The van der Waals surface area contributed by atoms with Crippen molar-refractivity contribution in [2.24, 2.45) is 5.92 Å². The summed E-state index contributed by atoms with van der Waals surface area (Å²) in [7, 11) is 0. The lowest BCUT2D eigenvalue weighted by atomic mass is 10.0. The molecule has 0 spiro atoms. The normalized spacial score (nSPS) is 38.3. The Morgan fingerprint density at radius 3 is 2.85 bits per heavy atom. The monoisotopic (exact) mass is 185 g/mol. The average molecular weight is 185 g/mol. The van der Waals surface area contributed by atoms with Gasteiger partial charge in [0.1, 0.15) is 6.23 Å². The van der Waals surface area contributed by atoms with E-state index >= 15 is 0 Å². The van der Waals surface area contributed by atoms with E-state index in [4.69, 9.17) is 9.47 Å². The molecule has 0 aromatic heterocycles. The topological polar surface area (TPSA) is 30.5 Å². The minimum absolute atomic E-state index is 0.0180. The van der Waals surface area contributed by atoms with Gasteiger partial charge in [0.15, 0.2) is 0 Å². The van der Waals surface area contributed by atoms with E-state index in [0.29, 0.717) is 5.92 Å². The summed E-state index contributed by atoms with van der Waals surface area (Å²) in [5, 5.41) is 3.40. The Hall–Kier alpha value is -0.120. The first-order valence-electron chi connectivity index (χ1n) is 5.15. The molecule has 0 bridgehead atoms. The molecule has 2 heterocycles. The summed E-state index contributed by atoms with van der Waals surface area (Å²) in [5.74, 6) is 0.700. The largest absolute Gasteiger partial charge is 0.381 e. The summed E-state index contributed by atoms with van der Waals surface area (Å²) in [6.07, 6.45) is 2.55. The minimum Gasteiger partial charge on any atom is -0.381 e. The predicted molar refractivity (Wildman–Crippen MR) is 50.5 cm³/mol. The second kappa shape index (κ2) is 3.56. The number of hydrogen-bond acceptors (Lipinski definition) is 3. The van der Waals surface area contributed by atoms with Gasteiger partial charge in [0.25, 0.3) is 0 Å². The smallest absolute Gasteiger partial charge is 0.109 e. The van der Waals surface area contributed by atoms with Crippen molar-refractivity contribution in [1.29, 1.82) is 0 Å². The molecule has 13 heavy (non-hydrogen) atoms. The van der Waals surface area contributed by atoms with Crippen molar-refractivity contribution in [3.8, 4) is 0 Å². The van der Waals surface area contributed by atoms with Gasteiger partial charge in [0.2, 0.25) is 0 Å². The van der Waals surface area contributed by atoms with E-state index in [-0.39, 0.29) is 11.8 Å². The van der Waals surface area contributed by atoms with Gasteiger partial charge in [-0.25, -0.2) is 0 Å². The van der Waals surface area contributed by atoms with Crippen LogP contribution < -0.4 is 5.32 Å². The summed E-state index contributed by atoms with van der Waals surface area (Å²) in [4.78, 5) is 0. The number of ether oxygens (including phenoxy) is 2. The first-order chi connectivity index (χ1) is 6.16. The van der Waals surface area contributed by atoms with Crippen molar-refractivity contribution in [3.63, 3.8) is 0 Å². The van der Waals surface area contributed by atoms with Gasteiger partial charge in [-0.05, 0) is 32.6 Å². The summed E-state index contributed by atoms with van der Waals surface area (Å²) in [6.45, 7) is 7.07. The van der Waals surface area contributed by atoms with E-state index in [2.05, 4.69) is 19.2 Å². The number of nitrogens with one attached hydrogen (secondary N) is 1. The average Bonchev–Trinajstić information content (AvgIpc) is 2.61. The molecular weight excluding hydrogens is 166 g/mol. The minimum atomic E-state index is 0.0180. The first kappa shape index (κ1) is 9.44. The van der Waals surface area contributed by atoms with Gasteiger partial charge in [0, 0.05) is 19.8 Å². The van der Waals surface area contributed by atoms with Gasteiger partial charge in [-0.15, -0.1) is 0 Å². The van der Waals surface area contributed by atoms with Crippen LogP contribution in [0.4, 0.5) is 0 Å². The molecule has 0 aromatic carbocycles. The van der Waals surface area contributed by atoms with Crippen LogP contribution in [0, 0.1) is 5.92 Å². The zero-order chi connectivity index (χ0) is 9.31. The fraction of sp³-hybridized carbons (Fsp3) is 1.00. The molecule has 0 radical (unpaired) electrons. The lowest BCUT2D eigenvalue weighted by molar-refractivity contribution is -0.0249. The van der Waals surface area contributed by atoms with Crippen LogP contribution in [0.5, 0.6) is 0 Å². The van der Waals surface area contributed by atoms with Gasteiger partial charge in [-0.3, -0.25) is 5.32 Å². The molecule has 76 valence electrons. The van der Waals surface area contributed by atoms with Crippen molar-refractivity contribution in [1.82, 2.24) is 5.32 Å². The van der Waals surface area contributed by atoms with Crippen molar-refractivity contribution in [3.05, 3.63) is 0 Å². The molecular formula is C10H19NO2. The third-order valence-electron chi connectivity index (χ3n) is 2.79. The van der Waals surface area contributed by atoms with E-state index in [0.717, 1.165) is 26.2 Å². The zero-order valence-electron chi connectivity index (χ0n) is 8.51. The summed E-state index contributed by atoms with van der Waals surface area (Å²) in [5.41, 5.74) is 0.0180. The van der Waals surface area contributed by atoms with Gasteiger partial charge in [0.05, 0.1) is 5.60 Å². The molecule has 2 unspecified atom stereocenters. The maximum atomic E-state index is 5.84. The Bertz CT molecular complexity index is 176. The highest BCUT2D eigenvalue weighted by Crippen LogP contribution is 2.24. The first-order valence-corrected chi connectivity index (χ1v) is 5.15. The molecule has 2 rings (SSSR count). The Labute approximate surface area is 79.8 Å². The predicted octanol–water partition coefficient (Wildman–Crippen LogP) is 1.14. The van der Waals surface area contributed by atoms with Crippen molar-refractivity contribution in [2.75, 3.05) is 19.8 Å². The van der Waals surface area contributed by atoms with Crippen molar-refractivity contribution in [2.45, 2.75) is 38.5 Å². The fourth-order valence-electron chi connectivity index (χ4n) is 2.03. The molecule has 0 aromatic rings. The van der Waals surface area contributed by atoms with Crippen LogP contribution in [0.15, 0.2) is 0 Å². The highest BCUT2D eigenvalue weighted by Gasteiger charge is 2.33. The molecule has 2 aliphatic rings. The Balaban J connectivity index is 1.77. The fourth-order valence-corrected chi connectivity index (χ4v) is 2.03. The number of rotatable bonds is 2. The SMILES string of the molecule is CC1(C)CNC(CC2CCOC2)O1. The standard InChI is InChI=1S/C10H19NO2/c1-10(2)7-11-9(13-10)5-8-3-4-12-6-8/h8-9,11H,3-7H2,1-2H3. The molecule has 0 saturated carbocycles. The van der Waals surface area contributed by atoms with Crippen LogP contribution in [-0.4, -0.2) is 31.6 Å². The Morgan fingerprint density at radius 1 is 1.46 bits per heavy atom. The lowest BCUT2D eigenvalue weighted by Gasteiger charge is -2.19. The molecule has 1 N–H and O–H groups in total. The van der Waals surface area contributed by atoms with Gasteiger partial charge in [-0.2, -0.15) is 0 Å². The van der Waals surface area contributed by atoms with E-state index in [1.807, 2.05) is 0 Å². The molecule has 3 heteroatoms. The second-order valence-electron chi connectivity index (χ2n) is 4.71. The molecule has 2 fully saturated rings. The zero-order valence-corrected chi connectivity index (χ0v) is 8.51. The third kappa shape index (κ3) is 2.42. The third-order valence-corrected chi connectivity index (χ3v) is 2.79. The summed E-state index contributed by atoms with van der Waals surface area (Å²) in [6, 6.07) is 0. The lowest BCUT2D eigenvalue weighted by Crippen LogP contribution is -2.25. The quantitative estimate of drug-likeness (QED) is 0.699. The molecule has 0 amide bonds. The highest BCUT2D eigenvalue weighted by molar-refractivity contribution is 4.83. The van der Waals surface area contributed by atoms with Crippen LogP contribution in [0.1, 0.15) is 26.7 Å². The summed E-state index contributed by atoms with van der Waals surface area (Å²) < 4.78 is 11.2. The van der Waals surface area contributed by atoms with Crippen LogP contribution in [0.2, 0.25) is 0 Å². The second-order valence-corrected chi connectivity index (χ2v) is 4.71. The van der Waals surface area contributed by atoms with E-state index in [1.54, 1.807) is 0 Å². The maximum absolute atomic E-state index is 5.84.